The zero-order valence-corrected chi connectivity index (χ0v) is 14.3. The van der Waals surface area contributed by atoms with Crippen LogP contribution in [-0.4, -0.2) is 30.5 Å². The fourth-order valence-electron chi connectivity index (χ4n) is 2.99. The van der Waals surface area contributed by atoms with E-state index in [1.807, 2.05) is 18.2 Å². The number of nitrogens with zero attached hydrogens (tertiary/aromatic N) is 3. The average Bonchev–Trinajstić information content (AvgIpc) is 2.67. The number of rotatable bonds is 5. The standard InChI is InChI=1S/C20H21N3O2/c1-15(24)18-3-2-4-19(11-18)25-14-16-7-9-23(10-8-16)20-6-5-17(12-21)13-22-20/h2-6,11,13,16H,7-10,14H2,1H3. The lowest BCUT2D eigenvalue weighted by Gasteiger charge is -2.32. The van der Waals surface area contributed by atoms with Gasteiger partial charge in [-0.2, -0.15) is 5.26 Å². The van der Waals surface area contributed by atoms with Crippen molar-refractivity contribution in [1.29, 1.82) is 5.26 Å². The summed E-state index contributed by atoms with van der Waals surface area (Å²) in [6.45, 7) is 4.09. The summed E-state index contributed by atoms with van der Waals surface area (Å²) in [5, 5.41) is 8.84. The molecule has 0 amide bonds. The van der Waals surface area contributed by atoms with Crippen LogP contribution >= 0.6 is 0 Å². The Morgan fingerprint density at radius 1 is 1.32 bits per heavy atom. The van der Waals surface area contributed by atoms with Crippen LogP contribution in [0.5, 0.6) is 5.75 Å². The number of nitriles is 1. The second kappa shape index (κ2) is 7.80. The molecular formula is C20H21N3O2. The summed E-state index contributed by atoms with van der Waals surface area (Å²) >= 11 is 0. The second-order valence-corrected chi connectivity index (χ2v) is 6.34. The number of aromatic nitrogens is 1. The quantitative estimate of drug-likeness (QED) is 0.783. The Bertz CT molecular complexity index is 772. The maximum atomic E-state index is 11.4. The topological polar surface area (TPSA) is 66.2 Å². The number of carbonyl (C=O) groups is 1. The monoisotopic (exact) mass is 335 g/mol. The van der Waals surface area contributed by atoms with E-state index in [4.69, 9.17) is 10.00 Å². The van der Waals surface area contributed by atoms with Crippen molar-refractivity contribution in [3.8, 4) is 11.8 Å². The molecule has 1 saturated heterocycles. The minimum absolute atomic E-state index is 0.0497. The van der Waals surface area contributed by atoms with Crippen molar-refractivity contribution < 1.29 is 9.53 Å². The molecule has 25 heavy (non-hydrogen) atoms. The van der Waals surface area contributed by atoms with Gasteiger partial charge in [0.25, 0.3) is 0 Å². The Kier molecular flexibility index (Phi) is 5.30. The number of anilines is 1. The highest BCUT2D eigenvalue weighted by Crippen LogP contribution is 2.23. The number of hydrogen-bond donors (Lipinski definition) is 0. The van der Waals surface area contributed by atoms with Crippen LogP contribution in [0, 0.1) is 17.2 Å². The molecule has 0 spiro atoms. The van der Waals surface area contributed by atoms with Gasteiger partial charge in [0.15, 0.2) is 5.78 Å². The Morgan fingerprint density at radius 3 is 2.76 bits per heavy atom. The molecule has 1 aliphatic rings. The van der Waals surface area contributed by atoms with Crippen LogP contribution in [0.1, 0.15) is 35.7 Å². The molecule has 5 nitrogen and oxygen atoms in total. The predicted octanol–water partition coefficient (Wildman–Crippen LogP) is 3.45. The number of hydrogen-bond acceptors (Lipinski definition) is 5. The Labute approximate surface area is 147 Å². The van der Waals surface area contributed by atoms with Crippen LogP contribution in [0.3, 0.4) is 0 Å². The SMILES string of the molecule is CC(=O)c1cccc(OCC2CCN(c3ccc(C#N)cn3)CC2)c1. The summed E-state index contributed by atoms with van der Waals surface area (Å²) in [5.74, 6) is 2.22. The van der Waals surface area contributed by atoms with E-state index in [2.05, 4.69) is 16.0 Å². The van der Waals surface area contributed by atoms with Gasteiger partial charge in [-0.05, 0) is 49.9 Å². The van der Waals surface area contributed by atoms with Gasteiger partial charge in [-0.3, -0.25) is 4.79 Å². The number of carbonyl (C=O) groups excluding carboxylic acids is 1. The zero-order chi connectivity index (χ0) is 17.6. The lowest BCUT2D eigenvalue weighted by molar-refractivity contribution is 0.101. The maximum absolute atomic E-state index is 11.4. The van der Waals surface area contributed by atoms with Crippen LogP contribution in [0.15, 0.2) is 42.6 Å². The maximum Gasteiger partial charge on any atom is 0.159 e. The number of ketones is 1. The summed E-state index contributed by atoms with van der Waals surface area (Å²) in [6.07, 6.45) is 3.69. The molecule has 1 fully saturated rings. The largest absolute Gasteiger partial charge is 0.493 e. The average molecular weight is 335 g/mol. The van der Waals surface area contributed by atoms with Crippen LogP contribution in [0.4, 0.5) is 5.82 Å². The van der Waals surface area contributed by atoms with Crippen molar-refractivity contribution in [2.75, 3.05) is 24.6 Å². The van der Waals surface area contributed by atoms with Crippen molar-refractivity contribution in [2.45, 2.75) is 19.8 Å². The molecule has 0 aliphatic carbocycles. The molecule has 0 atom stereocenters. The molecule has 128 valence electrons. The van der Waals surface area contributed by atoms with Crippen molar-refractivity contribution in [1.82, 2.24) is 4.98 Å². The molecular weight excluding hydrogens is 314 g/mol. The van der Waals surface area contributed by atoms with E-state index in [0.29, 0.717) is 23.7 Å². The minimum Gasteiger partial charge on any atom is -0.493 e. The molecule has 5 heteroatoms. The van der Waals surface area contributed by atoms with Crippen LogP contribution in [0.25, 0.3) is 0 Å². The molecule has 3 rings (SSSR count). The molecule has 0 saturated carbocycles. The van der Waals surface area contributed by atoms with Crippen molar-refractivity contribution in [3.05, 3.63) is 53.7 Å². The summed E-state index contributed by atoms with van der Waals surface area (Å²) in [6, 6.07) is 13.2. The first-order valence-corrected chi connectivity index (χ1v) is 8.50. The Morgan fingerprint density at radius 2 is 2.12 bits per heavy atom. The Balaban J connectivity index is 1.50. The normalized spacial score (nSPS) is 14.8. The third-order valence-electron chi connectivity index (χ3n) is 4.54. The van der Waals surface area contributed by atoms with Crippen molar-refractivity contribution in [3.63, 3.8) is 0 Å². The molecule has 2 heterocycles. The van der Waals surface area contributed by atoms with Gasteiger partial charge in [-0.25, -0.2) is 4.98 Å². The van der Waals surface area contributed by atoms with Gasteiger partial charge in [0.2, 0.25) is 0 Å². The smallest absolute Gasteiger partial charge is 0.159 e. The van der Waals surface area contributed by atoms with Crippen LogP contribution < -0.4 is 9.64 Å². The number of piperidine rings is 1. The number of pyridine rings is 1. The molecule has 0 unspecified atom stereocenters. The van der Waals surface area contributed by atoms with Gasteiger partial charge in [0.1, 0.15) is 17.6 Å². The van der Waals surface area contributed by atoms with Gasteiger partial charge >= 0.3 is 0 Å². The van der Waals surface area contributed by atoms with E-state index in [1.165, 1.54) is 0 Å². The molecule has 0 N–H and O–H groups in total. The second-order valence-electron chi connectivity index (χ2n) is 6.34. The lowest BCUT2D eigenvalue weighted by atomic mass is 9.98. The summed E-state index contributed by atoms with van der Waals surface area (Å²) in [5.41, 5.74) is 1.26. The first kappa shape index (κ1) is 17.0. The molecule has 0 bridgehead atoms. The third-order valence-corrected chi connectivity index (χ3v) is 4.54. The summed E-state index contributed by atoms with van der Waals surface area (Å²) in [4.78, 5) is 18.0. The van der Waals surface area contributed by atoms with Gasteiger partial charge in [0, 0.05) is 24.8 Å². The molecule has 1 aromatic heterocycles. The summed E-state index contributed by atoms with van der Waals surface area (Å²) < 4.78 is 5.89. The number of ether oxygens (including phenoxy) is 1. The fraction of sp³-hybridized carbons (Fsp3) is 0.350. The van der Waals surface area contributed by atoms with E-state index < -0.39 is 0 Å². The van der Waals surface area contributed by atoms with E-state index >= 15 is 0 Å². The Hall–Kier alpha value is -2.87. The molecule has 1 aromatic carbocycles. The lowest BCUT2D eigenvalue weighted by Crippen LogP contribution is -2.36. The van der Waals surface area contributed by atoms with E-state index in [9.17, 15) is 4.79 Å². The highest BCUT2D eigenvalue weighted by Gasteiger charge is 2.20. The van der Waals surface area contributed by atoms with Crippen molar-refractivity contribution >= 4 is 11.6 Å². The summed E-state index contributed by atoms with van der Waals surface area (Å²) in [7, 11) is 0. The van der Waals surface area contributed by atoms with E-state index in [0.717, 1.165) is 37.5 Å². The van der Waals surface area contributed by atoms with E-state index in [-0.39, 0.29) is 5.78 Å². The molecule has 2 aromatic rings. The van der Waals surface area contributed by atoms with Crippen LogP contribution in [-0.2, 0) is 0 Å². The minimum atomic E-state index is 0.0497. The molecule has 0 radical (unpaired) electrons. The fourth-order valence-corrected chi connectivity index (χ4v) is 2.99. The highest BCUT2D eigenvalue weighted by molar-refractivity contribution is 5.94. The first-order valence-electron chi connectivity index (χ1n) is 8.50. The zero-order valence-electron chi connectivity index (χ0n) is 14.3. The van der Waals surface area contributed by atoms with Gasteiger partial charge in [-0.1, -0.05) is 12.1 Å². The van der Waals surface area contributed by atoms with E-state index in [1.54, 1.807) is 31.3 Å². The first-order chi connectivity index (χ1) is 12.2. The predicted molar refractivity (Wildman–Crippen MR) is 95.8 cm³/mol. The third kappa shape index (κ3) is 4.36. The number of benzene rings is 1. The van der Waals surface area contributed by atoms with Gasteiger partial charge in [-0.15, -0.1) is 0 Å². The van der Waals surface area contributed by atoms with Gasteiger partial charge in [0.05, 0.1) is 12.2 Å². The number of Topliss-reactive ketones (excluding diaryl/α,β-unsaturated/α-hetero) is 1. The molecule has 1 aliphatic heterocycles. The highest BCUT2D eigenvalue weighted by atomic mass is 16.5. The van der Waals surface area contributed by atoms with Crippen LogP contribution in [0.2, 0.25) is 0 Å². The van der Waals surface area contributed by atoms with Crippen molar-refractivity contribution in [2.24, 2.45) is 5.92 Å². The van der Waals surface area contributed by atoms with Gasteiger partial charge < -0.3 is 9.64 Å².